The molecule has 2 amide bonds. The van der Waals surface area contributed by atoms with Crippen molar-refractivity contribution in [1.82, 2.24) is 5.06 Å². The zero-order chi connectivity index (χ0) is 13.9. The summed E-state index contributed by atoms with van der Waals surface area (Å²) in [6, 6.07) is 9.25. The Morgan fingerprint density at radius 2 is 2.00 bits per heavy atom. The van der Waals surface area contributed by atoms with Crippen LogP contribution in [0.15, 0.2) is 30.3 Å². The van der Waals surface area contributed by atoms with Crippen molar-refractivity contribution >= 4 is 22.9 Å². The lowest BCUT2D eigenvalue weighted by Gasteiger charge is -2.25. The van der Waals surface area contributed by atoms with E-state index in [2.05, 4.69) is 0 Å². The molecule has 1 aromatic carbocycles. The van der Waals surface area contributed by atoms with Gasteiger partial charge in [-0.25, -0.2) is 4.84 Å². The second-order valence-electron chi connectivity index (χ2n) is 4.71. The molecule has 5 nitrogen and oxygen atoms in total. The molecule has 2 unspecified atom stereocenters. The van der Waals surface area contributed by atoms with Gasteiger partial charge in [0.1, 0.15) is 5.25 Å². The van der Waals surface area contributed by atoms with E-state index in [1.54, 1.807) is 0 Å². The Kier molecular flexibility index (Phi) is 4.05. The Hall–Kier alpha value is -1.37. The highest BCUT2D eigenvalue weighted by Gasteiger charge is 2.43. The van der Waals surface area contributed by atoms with Crippen LogP contribution in [-0.2, 0) is 14.4 Å². The van der Waals surface area contributed by atoms with E-state index in [1.165, 1.54) is 0 Å². The molecular weight excluding hydrogens is 278 g/mol. The monoisotopic (exact) mass is 293 g/mol. The van der Waals surface area contributed by atoms with Crippen molar-refractivity contribution in [1.29, 1.82) is 0 Å². The summed E-state index contributed by atoms with van der Waals surface area (Å²) >= 11 is 0.980. The average Bonchev–Trinajstić information content (AvgIpc) is 2.77. The van der Waals surface area contributed by atoms with Crippen molar-refractivity contribution in [3.63, 3.8) is 0 Å². The van der Waals surface area contributed by atoms with Gasteiger partial charge >= 0.3 is 5.24 Å². The number of nitrogens with zero attached hydrogens (tertiary/aromatic N) is 1. The number of hydrogen-bond donors (Lipinski definition) is 0. The molecule has 1 aromatic rings. The van der Waals surface area contributed by atoms with Crippen LogP contribution in [0, 0.1) is 0 Å². The highest BCUT2D eigenvalue weighted by atomic mass is 32.2. The summed E-state index contributed by atoms with van der Waals surface area (Å²) in [5.41, 5.74) is 0.812. The van der Waals surface area contributed by atoms with Gasteiger partial charge in [-0.05, 0) is 30.2 Å². The molecule has 2 aliphatic heterocycles. The molecule has 0 radical (unpaired) electrons. The lowest BCUT2D eigenvalue weighted by Crippen LogP contribution is -2.36. The van der Waals surface area contributed by atoms with Gasteiger partial charge in [-0.3, -0.25) is 9.59 Å². The first-order valence-electron chi connectivity index (χ1n) is 6.63. The summed E-state index contributed by atoms with van der Waals surface area (Å²) in [6.45, 7) is 0.607. The molecule has 2 fully saturated rings. The van der Waals surface area contributed by atoms with E-state index in [1.807, 2.05) is 30.3 Å². The number of thioether (sulfide) groups is 1. The maximum atomic E-state index is 12.3. The normalized spacial score (nSPS) is 27.1. The third kappa shape index (κ3) is 2.72. The first kappa shape index (κ1) is 13.6. The van der Waals surface area contributed by atoms with Gasteiger partial charge < -0.3 is 4.74 Å². The fraction of sp³-hybridized carbons (Fsp3) is 0.429. The Labute approximate surface area is 121 Å². The predicted octanol–water partition coefficient (Wildman–Crippen LogP) is 2.88. The summed E-state index contributed by atoms with van der Waals surface area (Å²) in [5, 5.41) is -0.0384. The van der Waals surface area contributed by atoms with Crippen LogP contribution in [-0.4, -0.2) is 29.1 Å². The number of carbonyl (C=O) groups is 2. The van der Waals surface area contributed by atoms with Crippen molar-refractivity contribution in [2.24, 2.45) is 0 Å². The van der Waals surface area contributed by atoms with Crippen molar-refractivity contribution < 1.29 is 19.2 Å². The molecule has 2 saturated heterocycles. The average molecular weight is 293 g/mol. The number of carbonyl (C=O) groups excluding carboxylic acids is 2. The van der Waals surface area contributed by atoms with Crippen LogP contribution in [0.3, 0.4) is 0 Å². The van der Waals surface area contributed by atoms with E-state index in [0.717, 1.165) is 35.2 Å². The van der Waals surface area contributed by atoms with Crippen LogP contribution in [0.2, 0.25) is 0 Å². The predicted molar refractivity (Wildman–Crippen MR) is 73.7 cm³/mol. The summed E-state index contributed by atoms with van der Waals surface area (Å²) in [7, 11) is 0. The minimum absolute atomic E-state index is 0.333. The van der Waals surface area contributed by atoms with Gasteiger partial charge in [0.15, 0.2) is 6.29 Å². The second-order valence-corrected chi connectivity index (χ2v) is 5.76. The van der Waals surface area contributed by atoms with Gasteiger partial charge in [-0.2, -0.15) is 0 Å². The van der Waals surface area contributed by atoms with Crippen molar-refractivity contribution in [2.45, 2.75) is 30.8 Å². The lowest BCUT2D eigenvalue weighted by atomic mass is 10.1. The molecule has 6 heteroatoms. The van der Waals surface area contributed by atoms with E-state index < -0.39 is 11.5 Å². The zero-order valence-electron chi connectivity index (χ0n) is 10.9. The highest BCUT2D eigenvalue weighted by Crippen LogP contribution is 2.39. The molecule has 2 aliphatic rings. The van der Waals surface area contributed by atoms with Crippen molar-refractivity contribution in [3.8, 4) is 0 Å². The Morgan fingerprint density at radius 1 is 1.20 bits per heavy atom. The summed E-state index contributed by atoms with van der Waals surface area (Å²) in [5.74, 6) is -0.333. The van der Waals surface area contributed by atoms with Crippen molar-refractivity contribution in [3.05, 3.63) is 35.9 Å². The molecule has 2 atom stereocenters. The quantitative estimate of drug-likeness (QED) is 0.857. The van der Waals surface area contributed by atoms with E-state index in [9.17, 15) is 9.59 Å². The second kappa shape index (κ2) is 5.95. The number of hydroxylamine groups is 2. The van der Waals surface area contributed by atoms with Crippen LogP contribution in [0.25, 0.3) is 0 Å². The molecule has 0 aliphatic carbocycles. The number of imide groups is 1. The number of rotatable bonds is 3. The topological polar surface area (TPSA) is 55.8 Å². The minimum atomic E-state index is -0.521. The maximum absolute atomic E-state index is 12.3. The smallest absolute Gasteiger partial charge is 0.313 e. The SMILES string of the molecule is O=C1SC(c2ccccc2)C(=O)N1OC1CCCCO1. The van der Waals surface area contributed by atoms with Crippen LogP contribution in [0.1, 0.15) is 30.1 Å². The number of amides is 2. The molecule has 0 aromatic heterocycles. The Morgan fingerprint density at radius 3 is 2.70 bits per heavy atom. The first-order valence-corrected chi connectivity index (χ1v) is 7.51. The number of ether oxygens (including phenoxy) is 1. The van der Waals surface area contributed by atoms with Gasteiger partial charge in [0.05, 0.1) is 0 Å². The third-order valence-corrected chi connectivity index (χ3v) is 4.35. The maximum Gasteiger partial charge on any atom is 0.313 e. The van der Waals surface area contributed by atoms with Gasteiger partial charge in [0.2, 0.25) is 0 Å². The highest BCUT2D eigenvalue weighted by molar-refractivity contribution is 8.14. The van der Waals surface area contributed by atoms with Gasteiger partial charge in [-0.1, -0.05) is 30.3 Å². The van der Waals surface area contributed by atoms with Gasteiger partial charge in [-0.15, -0.1) is 5.06 Å². The summed E-state index contributed by atoms with van der Waals surface area (Å²) < 4.78 is 5.40. The molecule has 0 bridgehead atoms. The molecule has 0 saturated carbocycles. The van der Waals surface area contributed by atoms with E-state index >= 15 is 0 Å². The lowest BCUT2D eigenvalue weighted by molar-refractivity contribution is -0.255. The molecule has 0 N–H and O–H groups in total. The molecule has 20 heavy (non-hydrogen) atoms. The fourth-order valence-corrected chi connectivity index (χ4v) is 3.16. The van der Waals surface area contributed by atoms with Gasteiger partial charge in [0.25, 0.3) is 5.91 Å². The van der Waals surface area contributed by atoms with Crippen LogP contribution < -0.4 is 0 Å². The molecule has 106 valence electrons. The third-order valence-electron chi connectivity index (χ3n) is 3.27. The van der Waals surface area contributed by atoms with Crippen LogP contribution in [0.5, 0.6) is 0 Å². The summed E-state index contributed by atoms with van der Waals surface area (Å²) in [4.78, 5) is 29.6. The molecule has 2 heterocycles. The largest absolute Gasteiger partial charge is 0.350 e. The standard InChI is InChI=1S/C14H15NO4S/c16-13-12(10-6-2-1-3-7-10)20-14(17)15(13)19-11-8-4-5-9-18-11/h1-3,6-7,11-12H,4-5,8-9H2. The number of hydrogen-bond acceptors (Lipinski definition) is 5. The van der Waals surface area contributed by atoms with Crippen LogP contribution >= 0.6 is 11.8 Å². The summed E-state index contributed by atoms with van der Waals surface area (Å²) in [6.07, 6.45) is 2.18. The fourth-order valence-electron chi connectivity index (χ4n) is 2.24. The van der Waals surface area contributed by atoms with E-state index in [0.29, 0.717) is 13.0 Å². The molecule has 0 spiro atoms. The van der Waals surface area contributed by atoms with Crippen LogP contribution in [0.4, 0.5) is 4.79 Å². The Balaban J connectivity index is 1.70. The first-order chi connectivity index (χ1) is 9.75. The Bertz CT molecular complexity index is 501. The molecular formula is C14H15NO4S. The minimum Gasteiger partial charge on any atom is -0.350 e. The number of benzene rings is 1. The van der Waals surface area contributed by atoms with E-state index in [-0.39, 0.29) is 11.1 Å². The zero-order valence-corrected chi connectivity index (χ0v) is 11.7. The van der Waals surface area contributed by atoms with Gasteiger partial charge in [0, 0.05) is 13.0 Å². The van der Waals surface area contributed by atoms with E-state index in [4.69, 9.17) is 9.57 Å². The molecule has 3 rings (SSSR count). The van der Waals surface area contributed by atoms with Crippen molar-refractivity contribution in [2.75, 3.05) is 6.61 Å².